The molecule has 1 amide bonds. The molecule has 0 saturated heterocycles. The smallest absolute Gasteiger partial charge is 0.267 e. The molecule has 5 nitrogen and oxygen atoms in total. The highest BCUT2D eigenvalue weighted by Gasteiger charge is 2.29. The summed E-state index contributed by atoms with van der Waals surface area (Å²) in [5.41, 5.74) is 1.99. The van der Waals surface area contributed by atoms with E-state index in [1.165, 1.54) is 22.7 Å². The average molecular weight is 378 g/mol. The van der Waals surface area contributed by atoms with Crippen LogP contribution in [-0.4, -0.2) is 23.2 Å². The fourth-order valence-electron chi connectivity index (χ4n) is 3.10. The van der Waals surface area contributed by atoms with Crippen molar-refractivity contribution in [1.82, 2.24) is 4.98 Å². The van der Waals surface area contributed by atoms with Crippen molar-refractivity contribution < 1.29 is 9.63 Å². The maximum absolute atomic E-state index is 12.3. The quantitative estimate of drug-likeness (QED) is 0.735. The van der Waals surface area contributed by atoms with E-state index in [2.05, 4.69) is 29.3 Å². The Bertz CT molecular complexity index is 750. The molecular weight excluding hydrogens is 354 g/mol. The number of thiazole rings is 1. The first-order chi connectivity index (χ1) is 12.1. The van der Waals surface area contributed by atoms with Crippen molar-refractivity contribution in [3.8, 4) is 0 Å². The van der Waals surface area contributed by atoms with E-state index in [-0.39, 0.29) is 5.91 Å². The number of oxime groups is 1. The van der Waals surface area contributed by atoms with Crippen LogP contribution in [0.5, 0.6) is 0 Å². The van der Waals surface area contributed by atoms with E-state index in [0.717, 1.165) is 35.5 Å². The SMILES string of the molecule is CCON=C1CC(CC(C)C)Cc2nc(NC(=O)c3cccs3)sc21. The Hall–Kier alpha value is -1.73. The number of hydrogen-bond acceptors (Lipinski definition) is 6. The van der Waals surface area contributed by atoms with Gasteiger partial charge in [-0.2, -0.15) is 0 Å². The van der Waals surface area contributed by atoms with E-state index in [9.17, 15) is 4.79 Å². The van der Waals surface area contributed by atoms with Crippen molar-refractivity contribution in [2.75, 3.05) is 11.9 Å². The molecule has 0 bridgehead atoms. The summed E-state index contributed by atoms with van der Waals surface area (Å²) < 4.78 is 0. The Morgan fingerprint density at radius 3 is 3.00 bits per heavy atom. The molecule has 0 spiro atoms. The molecule has 1 atom stereocenters. The lowest BCUT2D eigenvalue weighted by Gasteiger charge is -2.23. The molecule has 0 radical (unpaired) electrons. The minimum absolute atomic E-state index is 0.108. The molecule has 25 heavy (non-hydrogen) atoms. The summed E-state index contributed by atoms with van der Waals surface area (Å²) >= 11 is 2.92. The molecule has 1 unspecified atom stereocenters. The standard InChI is InChI=1S/C18H23N3O2S2/c1-4-23-21-14-10-12(8-11(2)3)9-13-16(14)25-18(19-13)20-17(22)15-6-5-7-24-15/h5-7,11-12H,4,8-10H2,1-3H3,(H,19,20,22). The van der Waals surface area contributed by atoms with E-state index in [1.807, 2.05) is 24.4 Å². The van der Waals surface area contributed by atoms with Crippen molar-refractivity contribution >= 4 is 39.4 Å². The van der Waals surface area contributed by atoms with Gasteiger partial charge in [-0.1, -0.05) is 36.4 Å². The van der Waals surface area contributed by atoms with E-state index >= 15 is 0 Å². The molecule has 2 aromatic heterocycles. The van der Waals surface area contributed by atoms with Gasteiger partial charge in [0, 0.05) is 0 Å². The van der Waals surface area contributed by atoms with Gasteiger partial charge in [-0.25, -0.2) is 4.98 Å². The van der Waals surface area contributed by atoms with Crippen molar-refractivity contribution in [1.29, 1.82) is 0 Å². The number of anilines is 1. The first-order valence-corrected chi connectivity index (χ1v) is 10.3. The Morgan fingerprint density at radius 1 is 1.48 bits per heavy atom. The van der Waals surface area contributed by atoms with Crippen LogP contribution in [0.25, 0.3) is 0 Å². The van der Waals surface area contributed by atoms with E-state index < -0.39 is 0 Å². The Labute approximate surface area is 156 Å². The summed E-state index contributed by atoms with van der Waals surface area (Å²) in [5.74, 6) is 1.05. The first-order valence-electron chi connectivity index (χ1n) is 8.60. The van der Waals surface area contributed by atoms with Gasteiger partial charge in [0.2, 0.25) is 0 Å². The number of fused-ring (bicyclic) bond motifs is 1. The number of carbonyl (C=O) groups is 1. The lowest BCUT2D eigenvalue weighted by molar-refractivity contribution is 0.103. The molecule has 0 saturated carbocycles. The van der Waals surface area contributed by atoms with Gasteiger partial charge in [0.15, 0.2) is 5.13 Å². The number of nitrogens with zero attached hydrogens (tertiary/aromatic N) is 2. The third-order valence-electron chi connectivity index (χ3n) is 4.00. The van der Waals surface area contributed by atoms with Gasteiger partial charge < -0.3 is 4.84 Å². The summed E-state index contributed by atoms with van der Waals surface area (Å²) in [6.45, 7) is 6.96. The van der Waals surface area contributed by atoms with Crippen molar-refractivity contribution in [3.05, 3.63) is 33.0 Å². The molecule has 1 N–H and O–H groups in total. The van der Waals surface area contributed by atoms with Crippen LogP contribution in [0.4, 0.5) is 5.13 Å². The predicted molar refractivity (Wildman–Crippen MR) is 104 cm³/mol. The number of carbonyl (C=O) groups excluding carboxylic acids is 1. The highest BCUT2D eigenvalue weighted by atomic mass is 32.1. The van der Waals surface area contributed by atoms with Crippen molar-refractivity contribution in [3.63, 3.8) is 0 Å². The molecule has 7 heteroatoms. The van der Waals surface area contributed by atoms with Gasteiger partial charge >= 0.3 is 0 Å². The molecular formula is C18H23N3O2S2. The fraction of sp³-hybridized carbons (Fsp3) is 0.500. The second-order valence-corrected chi connectivity index (χ2v) is 8.53. The summed E-state index contributed by atoms with van der Waals surface area (Å²) in [7, 11) is 0. The van der Waals surface area contributed by atoms with Crippen LogP contribution < -0.4 is 5.32 Å². The third kappa shape index (κ3) is 4.46. The van der Waals surface area contributed by atoms with E-state index in [0.29, 0.717) is 28.5 Å². The maximum Gasteiger partial charge on any atom is 0.267 e. The lowest BCUT2D eigenvalue weighted by Crippen LogP contribution is -2.21. The average Bonchev–Trinajstić information content (AvgIpc) is 3.21. The largest absolute Gasteiger partial charge is 0.396 e. The zero-order valence-corrected chi connectivity index (χ0v) is 16.4. The Kier molecular flexibility index (Phi) is 5.86. The van der Waals surface area contributed by atoms with Gasteiger partial charge in [0.1, 0.15) is 6.61 Å². The summed E-state index contributed by atoms with van der Waals surface area (Å²) in [4.78, 5) is 24.0. The molecule has 134 valence electrons. The summed E-state index contributed by atoms with van der Waals surface area (Å²) in [6, 6.07) is 3.68. The number of thiophene rings is 1. The van der Waals surface area contributed by atoms with Crippen molar-refractivity contribution in [2.45, 2.75) is 40.0 Å². The number of hydrogen-bond donors (Lipinski definition) is 1. The molecule has 2 heterocycles. The summed E-state index contributed by atoms with van der Waals surface area (Å²) in [6.07, 6.45) is 2.98. The predicted octanol–water partition coefficient (Wildman–Crippen LogP) is 4.81. The number of aromatic nitrogens is 1. The molecule has 1 aliphatic carbocycles. The van der Waals surface area contributed by atoms with Crippen LogP contribution in [0.3, 0.4) is 0 Å². The molecule has 1 aliphatic rings. The Morgan fingerprint density at radius 2 is 2.32 bits per heavy atom. The minimum atomic E-state index is -0.108. The topological polar surface area (TPSA) is 63.6 Å². The lowest BCUT2D eigenvalue weighted by atomic mass is 9.84. The van der Waals surface area contributed by atoms with Gasteiger partial charge in [0.05, 0.1) is 21.2 Å². The second-order valence-electron chi connectivity index (χ2n) is 6.59. The van der Waals surface area contributed by atoms with Gasteiger partial charge in [-0.15, -0.1) is 11.3 Å². The second kappa shape index (κ2) is 8.10. The van der Waals surface area contributed by atoms with Crippen LogP contribution >= 0.6 is 22.7 Å². The monoisotopic (exact) mass is 377 g/mol. The molecule has 3 rings (SSSR count). The van der Waals surface area contributed by atoms with Crippen LogP contribution in [0, 0.1) is 11.8 Å². The van der Waals surface area contributed by atoms with Crippen LogP contribution in [0.1, 0.15) is 53.9 Å². The molecule has 0 aliphatic heterocycles. The van der Waals surface area contributed by atoms with Crippen LogP contribution in [-0.2, 0) is 11.3 Å². The van der Waals surface area contributed by atoms with Gasteiger partial charge in [0.25, 0.3) is 5.91 Å². The highest BCUT2D eigenvalue weighted by molar-refractivity contribution is 7.18. The van der Waals surface area contributed by atoms with Crippen molar-refractivity contribution in [2.24, 2.45) is 17.0 Å². The number of nitrogens with one attached hydrogen (secondary N) is 1. The van der Waals surface area contributed by atoms with E-state index in [4.69, 9.17) is 4.84 Å². The highest BCUT2D eigenvalue weighted by Crippen LogP contribution is 2.35. The van der Waals surface area contributed by atoms with Crippen LogP contribution in [0.15, 0.2) is 22.7 Å². The van der Waals surface area contributed by atoms with Gasteiger partial charge in [-0.05, 0) is 49.5 Å². The minimum Gasteiger partial charge on any atom is -0.396 e. The zero-order valence-electron chi connectivity index (χ0n) is 14.7. The fourth-order valence-corrected chi connectivity index (χ4v) is 4.70. The van der Waals surface area contributed by atoms with Gasteiger partial charge in [-0.3, -0.25) is 10.1 Å². The first kappa shape index (κ1) is 18.1. The third-order valence-corrected chi connectivity index (χ3v) is 5.93. The molecule has 0 aromatic carbocycles. The normalized spacial score (nSPS) is 18.4. The van der Waals surface area contributed by atoms with E-state index in [1.54, 1.807) is 0 Å². The maximum atomic E-state index is 12.3. The number of amides is 1. The van der Waals surface area contributed by atoms with Crippen LogP contribution in [0.2, 0.25) is 0 Å². The number of rotatable bonds is 6. The zero-order chi connectivity index (χ0) is 17.8. The molecule has 2 aromatic rings. The summed E-state index contributed by atoms with van der Waals surface area (Å²) in [5, 5.41) is 9.77. The Balaban J connectivity index is 1.82. The molecule has 0 fully saturated rings.